The van der Waals surface area contributed by atoms with Crippen LogP contribution in [0.1, 0.15) is 18.4 Å². The van der Waals surface area contributed by atoms with Crippen LogP contribution >= 0.6 is 0 Å². The summed E-state index contributed by atoms with van der Waals surface area (Å²) in [5.74, 6) is 0.703. The third-order valence-corrected chi connectivity index (χ3v) is 4.84. The molecule has 3 aromatic rings. The van der Waals surface area contributed by atoms with Crippen molar-refractivity contribution in [1.82, 2.24) is 20.2 Å². The molecule has 0 radical (unpaired) electrons. The number of carbonyl (C=O) groups excluding carboxylic acids is 1. The highest BCUT2D eigenvalue weighted by atomic mass is 16.5. The van der Waals surface area contributed by atoms with E-state index in [1.54, 1.807) is 11.8 Å². The van der Waals surface area contributed by atoms with Gasteiger partial charge < -0.3 is 15.0 Å². The lowest BCUT2D eigenvalue weighted by atomic mass is 10.1. The van der Waals surface area contributed by atoms with E-state index in [0.29, 0.717) is 6.42 Å². The van der Waals surface area contributed by atoms with Crippen LogP contribution in [0.25, 0.3) is 5.69 Å². The number of rotatable bonds is 6. The van der Waals surface area contributed by atoms with E-state index < -0.39 is 0 Å². The van der Waals surface area contributed by atoms with Crippen LogP contribution in [0.4, 0.5) is 11.4 Å². The molecule has 1 N–H and O–H groups in total. The van der Waals surface area contributed by atoms with Crippen LogP contribution in [0.2, 0.25) is 0 Å². The maximum Gasteiger partial charge on any atom is 0.228 e. The molecule has 1 aromatic heterocycles. The highest BCUT2D eigenvalue weighted by Crippen LogP contribution is 2.31. The minimum atomic E-state index is -0.0699. The second-order valence-electron chi connectivity index (χ2n) is 6.72. The summed E-state index contributed by atoms with van der Waals surface area (Å²) in [6, 6.07) is 13.4. The fraction of sp³-hybridized carbons (Fsp3) is 0.300. The maximum atomic E-state index is 12.7. The van der Waals surface area contributed by atoms with Crippen molar-refractivity contribution in [3.05, 3.63) is 54.4 Å². The van der Waals surface area contributed by atoms with Gasteiger partial charge in [-0.05, 0) is 59.2 Å². The predicted molar refractivity (Wildman–Crippen MR) is 106 cm³/mol. The van der Waals surface area contributed by atoms with E-state index in [4.69, 9.17) is 4.74 Å². The quantitative estimate of drug-likeness (QED) is 0.709. The van der Waals surface area contributed by atoms with E-state index in [2.05, 4.69) is 25.7 Å². The van der Waals surface area contributed by atoms with Crippen molar-refractivity contribution < 1.29 is 9.53 Å². The SMILES string of the molecule is COc1ccc(CC(=O)Nc2cc(-n3cnnn3)ccc2N2CCCC2)cc1. The minimum Gasteiger partial charge on any atom is -0.497 e. The van der Waals surface area contributed by atoms with Gasteiger partial charge in [0.05, 0.1) is 30.6 Å². The summed E-state index contributed by atoms with van der Waals surface area (Å²) in [5, 5.41) is 14.4. The van der Waals surface area contributed by atoms with Gasteiger partial charge in [0.15, 0.2) is 0 Å². The zero-order valence-electron chi connectivity index (χ0n) is 15.7. The lowest BCUT2D eigenvalue weighted by molar-refractivity contribution is -0.115. The smallest absolute Gasteiger partial charge is 0.228 e. The van der Waals surface area contributed by atoms with Gasteiger partial charge in [-0.1, -0.05) is 12.1 Å². The molecule has 8 nitrogen and oxygen atoms in total. The highest BCUT2D eigenvalue weighted by molar-refractivity contribution is 5.96. The molecule has 0 spiro atoms. The molecular weight excluding hydrogens is 356 g/mol. The Hall–Kier alpha value is -3.42. The minimum absolute atomic E-state index is 0.0699. The summed E-state index contributed by atoms with van der Waals surface area (Å²) in [4.78, 5) is 15.0. The Bertz CT molecular complexity index is 934. The molecule has 144 valence electrons. The fourth-order valence-electron chi connectivity index (χ4n) is 3.40. The molecule has 2 heterocycles. The van der Waals surface area contributed by atoms with Gasteiger partial charge in [0.1, 0.15) is 12.1 Å². The summed E-state index contributed by atoms with van der Waals surface area (Å²) in [6.45, 7) is 1.98. The second-order valence-corrected chi connectivity index (χ2v) is 6.72. The standard InChI is InChI=1S/C20H22N6O2/c1-28-17-7-4-15(5-8-17)12-20(27)22-18-13-16(26-14-21-23-24-26)6-9-19(18)25-10-2-3-11-25/h4-9,13-14H,2-3,10-12H2,1H3,(H,22,27). The number of hydrogen-bond acceptors (Lipinski definition) is 6. The van der Waals surface area contributed by atoms with Crippen molar-refractivity contribution in [2.45, 2.75) is 19.3 Å². The fourth-order valence-corrected chi connectivity index (χ4v) is 3.40. The van der Waals surface area contributed by atoms with Crippen LogP contribution in [0.15, 0.2) is 48.8 Å². The number of hydrogen-bond donors (Lipinski definition) is 1. The lowest BCUT2D eigenvalue weighted by Crippen LogP contribution is -2.22. The summed E-state index contributed by atoms with van der Waals surface area (Å²) < 4.78 is 6.74. The molecule has 1 amide bonds. The van der Waals surface area contributed by atoms with E-state index in [0.717, 1.165) is 54.3 Å². The first-order chi connectivity index (χ1) is 13.7. The third-order valence-electron chi connectivity index (χ3n) is 4.84. The van der Waals surface area contributed by atoms with Crippen LogP contribution < -0.4 is 15.0 Å². The van der Waals surface area contributed by atoms with Crippen molar-refractivity contribution >= 4 is 17.3 Å². The van der Waals surface area contributed by atoms with Gasteiger partial charge in [-0.3, -0.25) is 4.79 Å². The molecule has 4 rings (SSSR count). The summed E-state index contributed by atoms with van der Waals surface area (Å²) in [7, 11) is 1.62. The molecule has 1 saturated heterocycles. The molecule has 0 aliphatic carbocycles. The number of nitrogens with zero attached hydrogens (tertiary/aromatic N) is 5. The van der Waals surface area contributed by atoms with E-state index in [1.165, 1.54) is 6.33 Å². The van der Waals surface area contributed by atoms with Crippen LogP contribution in [-0.2, 0) is 11.2 Å². The Morgan fingerprint density at radius 2 is 1.93 bits per heavy atom. The van der Waals surface area contributed by atoms with Gasteiger partial charge >= 0.3 is 0 Å². The normalized spacial score (nSPS) is 13.5. The third kappa shape index (κ3) is 3.95. The number of tetrazole rings is 1. The molecule has 0 saturated carbocycles. The van der Waals surface area contributed by atoms with E-state index in [9.17, 15) is 4.79 Å². The molecule has 0 atom stereocenters. The molecule has 0 unspecified atom stereocenters. The lowest BCUT2D eigenvalue weighted by Gasteiger charge is -2.22. The second kappa shape index (κ2) is 8.08. The molecule has 1 aliphatic rings. The van der Waals surface area contributed by atoms with Crippen LogP contribution in [0, 0.1) is 0 Å². The number of methoxy groups -OCH3 is 1. The molecule has 0 bridgehead atoms. The predicted octanol–water partition coefficient (Wildman–Crippen LogP) is 2.45. The molecule has 1 fully saturated rings. The average Bonchev–Trinajstić information content (AvgIpc) is 3.43. The Kier molecular flexibility index (Phi) is 5.18. The van der Waals surface area contributed by atoms with Crippen LogP contribution in [0.3, 0.4) is 0 Å². The van der Waals surface area contributed by atoms with E-state index in [1.807, 2.05) is 42.5 Å². The molecule has 1 aliphatic heterocycles. The number of aromatic nitrogens is 4. The summed E-state index contributed by atoms with van der Waals surface area (Å²) >= 11 is 0. The Balaban J connectivity index is 1.56. The van der Waals surface area contributed by atoms with Crippen molar-refractivity contribution in [3.63, 3.8) is 0 Å². The van der Waals surface area contributed by atoms with Crippen molar-refractivity contribution in [2.75, 3.05) is 30.4 Å². The van der Waals surface area contributed by atoms with Crippen LogP contribution in [-0.4, -0.2) is 46.3 Å². The van der Waals surface area contributed by atoms with Crippen molar-refractivity contribution in [3.8, 4) is 11.4 Å². The highest BCUT2D eigenvalue weighted by Gasteiger charge is 2.18. The van der Waals surface area contributed by atoms with Crippen molar-refractivity contribution in [2.24, 2.45) is 0 Å². The Labute approximate surface area is 163 Å². The molecule has 8 heteroatoms. The molecular formula is C20H22N6O2. The first-order valence-electron chi connectivity index (χ1n) is 9.28. The van der Waals surface area contributed by atoms with Gasteiger partial charge in [-0.15, -0.1) is 5.10 Å². The number of amides is 1. The number of carbonyl (C=O) groups is 1. The topological polar surface area (TPSA) is 85.2 Å². The monoisotopic (exact) mass is 378 g/mol. The number of anilines is 2. The number of ether oxygens (including phenoxy) is 1. The van der Waals surface area contributed by atoms with E-state index >= 15 is 0 Å². The molecule has 28 heavy (non-hydrogen) atoms. The zero-order chi connectivity index (χ0) is 19.3. The first-order valence-corrected chi connectivity index (χ1v) is 9.28. The summed E-state index contributed by atoms with van der Waals surface area (Å²) in [5.41, 5.74) is 3.52. The maximum absolute atomic E-state index is 12.7. The van der Waals surface area contributed by atoms with Gasteiger partial charge in [0.2, 0.25) is 5.91 Å². The van der Waals surface area contributed by atoms with Gasteiger partial charge in [-0.2, -0.15) is 0 Å². The first kappa shape index (κ1) is 18.0. The number of benzene rings is 2. The zero-order valence-corrected chi connectivity index (χ0v) is 15.7. The summed E-state index contributed by atoms with van der Waals surface area (Å²) in [6.07, 6.45) is 4.15. The van der Waals surface area contributed by atoms with Crippen molar-refractivity contribution in [1.29, 1.82) is 0 Å². The molecule has 2 aromatic carbocycles. The average molecular weight is 378 g/mol. The number of nitrogens with one attached hydrogen (secondary N) is 1. The Morgan fingerprint density at radius 3 is 2.61 bits per heavy atom. The van der Waals surface area contributed by atoms with Crippen LogP contribution in [0.5, 0.6) is 5.75 Å². The Morgan fingerprint density at radius 1 is 1.14 bits per heavy atom. The largest absolute Gasteiger partial charge is 0.497 e. The van der Waals surface area contributed by atoms with E-state index in [-0.39, 0.29) is 5.91 Å². The van der Waals surface area contributed by atoms with Gasteiger partial charge in [0.25, 0.3) is 0 Å². The van der Waals surface area contributed by atoms with Gasteiger partial charge in [0, 0.05) is 13.1 Å². The van der Waals surface area contributed by atoms with Gasteiger partial charge in [-0.25, -0.2) is 4.68 Å².